The summed E-state index contributed by atoms with van der Waals surface area (Å²) in [4.78, 5) is 12.1. The minimum absolute atomic E-state index is 0.191. The second-order valence-electron chi connectivity index (χ2n) is 6.43. The van der Waals surface area contributed by atoms with Crippen LogP contribution in [0.1, 0.15) is 17.8 Å². The number of aromatic nitrogens is 3. The first kappa shape index (κ1) is 18.2. The standard InChI is InChI=1S/C19H19N5O3S/c25-19(20-14-18-22-21-17-4-1-2-11-23(17)18)10-7-15-5-8-16(9-6-15)24-12-3-13-28(24,26)27/h1-2,4-11H,3,12-14H2,(H,20,25)/b10-7+. The van der Waals surface area contributed by atoms with Gasteiger partial charge in [0.05, 0.1) is 18.0 Å². The summed E-state index contributed by atoms with van der Waals surface area (Å²) in [5, 5.41) is 10.9. The predicted molar refractivity (Wildman–Crippen MR) is 106 cm³/mol. The molecule has 8 nitrogen and oxygen atoms in total. The van der Waals surface area contributed by atoms with Crippen LogP contribution >= 0.6 is 0 Å². The summed E-state index contributed by atoms with van der Waals surface area (Å²) >= 11 is 0. The highest BCUT2D eigenvalue weighted by Crippen LogP contribution is 2.24. The Kier molecular flexibility index (Phi) is 4.82. The smallest absolute Gasteiger partial charge is 0.244 e. The summed E-state index contributed by atoms with van der Waals surface area (Å²) in [5.41, 5.74) is 2.18. The van der Waals surface area contributed by atoms with E-state index in [9.17, 15) is 13.2 Å². The lowest BCUT2D eigenvalue weighted by molar-refractivity contribution is -0.116. The van der Waals surface area contributed by atoms with Crippen molar-refractivity contribution in [3.05, 3.63) is 66.1 Å². The molecular formula is C19H19N5O3S. The molecule has 1 amide bonds. The molecule has 1 fully saturated rings. The lowest BCUT2D eigenvalue weighted by atomic mass is 10.2. The van der Waals surface area contributed by atoms with Crippen LogP contribution in [0.3, 0.4) is 0 Å². The fraction of sp³-hybridized carbons (Fsp3) is 0.211. The minimum Gasteiger partial charge on any atom is -0.345 e. The molecule has 0 bridgehead atoms. The summed E-state index contributed by atoms with van der Waals surface area (Å²) < 4.78 is 27.2. The number of hydrogen-bond donors (Lipinski definition) is 1. The number of anilines is 1. The van der Waals surface area contributed by atoms with Gasteiger partial charge < -0.3 is 5.32 Å². The van der Waals surface area contributed by atoms with Gasteiger partial charge >= 0.3 is 0 Å². The van der Waals surface area contributed by atoms with Gasteiger partial charge in [0.25, 0.3) is 0 Å². The zero-order valence-electron chi connectivity index (χ0n) is 15.0. The van der Waals surface area contributed by atoms with Gasteiger partial charge in [0.15, 0.2) is 11.5 Å². The number of nitrogens with zero attached hydrogens (tertiary/aromatic N) is 4. The molecule has 0 saturated carbocycles. The zero-order valence-corrected chi connectivity index (χ0v) is 15.8. The van der Waals surface area contributed by atoms with Crippen LogP contribution in [-0.4, -0.2) is 41.2 Å². The molecule has 3 heterocycles. The lowest BCUT2D eigenvalue weighted by Gasteiger charge is -2.16. The number of rotatable bonds is 5. The van der Waals surface area contributed by atoms with E-state index in [1.165, 1.54) is 10.4 Å². The average Bonchev–Trinajstić information content (AvgIpc) is 3.27. The summed E-state index contributed by atoms with van der Waals surface area (Å²) in [6.45, 7) is 0.775. The largest absolute Gasteiger partial charge is 0.345 e. The second-order valence-corrected chi connectivity index (χ2v) is 8.44. The van der Waals surface area contributed by atoms with E-state index < -0.39 is 10.0 Å². The number of carbonyl (C=O) groups is 1. The number of benzene rings is 1. The van der Waals surface area contributed by atoms with E-state index in [4.69, 9.17) is 0 Å². The summed E-state index contributed by atoms with van der Waals surface area (Å²) in [7, 11) is -3.19. The number of nitrogens with one attached hydrogen (secondary N) is 1. The molecule has 1 aliphatic heterocycles. The molecule has 28 heavy (non-hydrogen) atoms. The lowest BCUT2D eigenvalue weighted by Crippen LogP contribution is -2.24. The van der Waals surface area contributed by atoms with Gasteiger partial charge in [-0.15, -0.1) is 10.2 Å². The van der Waals surface area contributed by atoms with Crippen LogP contribution < -0.4 is 9.62 Å². The molecule has 9 heteroatoms. The van der Waals surface area contributed by atoms with Gasteiger partial charge in [0, 0.05) is 18.8 Å². The third-order valence-electron chi connectivity index (χ3n) is 4.51. The van der Waals surface area contributed by atoms with Gasteiger partial charge in [-0.2, -0.15) is 0 Å². The first-order valence-electron chi connectivity index (χ1n) is 8.88. The Hall–Kier alpha value is -3.20. The van der Waals surface area contributed by atoms with Gasteiger partial charge in [-0.3, -0.25) is 13.5 Å². The Morgan fingerprint density at radius 3 is 2.71 bits per heavy atom. The Bertz CT molecular complexity index is 1140. The quantitative estimate of drug-likeness (QED) is 0.660. The van der Waals surface area contributed by atoms with Crippen LogP contribution in [0.25, 0.3) is 11.7 Å². The van der Waals surface area contributed by atoms with Crippen molar-refractivity contribution in [2.24, 2.45) is 0 Å². The maximum atomic E-state index is 12.1. The number of hydrogen-bond acceptors (Lipinski definition) is 5. The third kappa shape index (κ3) is 3.74. The summed E-state index contributed by atoms with van der Waals surface area (Å²) in [6.07, 6.45) is 5.60. The topological polar surface area (TPSA) is 96.7 Å². The number of amides is 1. The number of pyridine rings is 1. The number of fused-ring (bicyclic) bond motifs is 1. The third-order valence-corrected chi connectivity index (χ3v) is 6.38. The van der Waals surface area contributed by atoms with E-state index in [1.54, 1.807) is 30.3 Å². The molecule has 0 atom stereocenters. The van der Waals surface area contributed by atoms with Crippen molar-refractivity contribution in [2.45, 2.75) is 13.0 Å². The highest BCUT2D eigenvalue weighted by atomic mass is 32.2. The average molecular weight is 397 g/mol. The molecule has 1 aromatic carbocycles. The van der Waals surface area contributed by atoms with Gasteiger partial charge in [0.1, 0.15) is 0 Å². The Morgan fingerprint density at radius 1 is 1.14 bits per heavy atom. The van der Waals surface area contributed by atoms with Crippen LogP contribution in [0.2, 0.25) is 0 Å². The normalized spacial score (nSPS) is 16.1. The number of sulfonamides is 1. The Balaban J connectivity index is 1.36. The molecular weight excluding hydrogens is 378 g/mol. The molecule has 2 aromatic heterocycles. The van der Waals surface area contributed by atoms with Crippen LogP contribution in [0.5, 0.6) is 0 Å². The highest BCUT2D eigenvalue weighted by Gasteiger charge is 2.28. The van der Waals surface area contributed by atoms with E-state index in [1.807, 2.05) is 28.8 Å². The maximum absolute atomic E-state index is 12.1. The summed E-state index contributed by atoms with van der Waals surface area (Å²) in [5.74, 6) is 0.586. The van der Waals surface area contributed by atoms with Crippen molar-refractivity contribution in [3.8, 4) is 0 Å². The van der Waals surface area contributed by atoms with Crippen LogP contribution in [-0.2, 0) is 21.4 Å². The first-order chi connectivity index (χ1) is 13.5. The van der Waals surface area contributed by atoms with Crippen LogP contribution in [0.15, 0.2) is 54.7 Å². The fourth-order valence-electron chi connectivity index (χ4n) is 3.09. The number of carbonyl (C=O) groups excluding carboxylic acids is 1. The molecule has 1 N–H and O–H groups in total. The van der Waals surface area contributed by atoms with Crippen molar-refractivity contribution < 1.29 is 13.2 Å². The van der Waals surface area contributed by atoms with E-state index >= 15 is 0 Å². The highest BCUT2D eigenvalue weighted by molar-refractivity contribution is 7.93. The van der Waals surface area contributed by atoms with E-state index in [0.717, 1.165) is 11.2 Å². The zero-order chi connectivity index (χ0) is 19.6. The van der Waals surface area contributed by atoms with Crippen molar-refractivity contribution in [3.63, 3.8) is 0 Å². The predicted octanol–water partition coefficient (Wildman–Crippen LogP) is 1.60. The Morgan fingerprint density at radius 2 is 1.96 bits per heavy atom. The molecule has 3 aromatic rings. The molecule has 0 spiro atoms. The van der Waals surface area contributed by atoms with Crippen molar-refractivity contribution in [2.75, 3.05) is 16.6 Å². The van der Waals surface area contributed by atoms with Gasteiger partial charge in [-0.1, -0.05) is 18.2 Å². The van der Waals surface area contributed by atoms with Crippen LogP contribution in [0.4, 0.5) is 5.69 Å². The van der Waals surface area contributed by atoms with Crippen molar-refractivity contribution in [1.29, 1.82) is 0 Å². The van der Waals surface area contributed by atoms with Crippen molar-refractivity contribution in [1.82, 2.24) is 19.9 Å². The summed E-state index contributed by atoms with van der Waals surface area (Å²) in [6, 6.07) is 12.7. The van der Waals surface area contributed by atoms with E-state index in [2.05, 4.69) is 15.5 Å². The van der Waals surface area contributed by atoms with E-state index in [-0.39, 0.29) is 18.2 Å². The maximum Gasteiger partial charge on any atom is 0.244 e. The van der Waals surface area contributed by atoms with Crippen LogP contribution in [0, 0.1) is 0 Å². The van der Waals surface area contributed by atoms with Gasteiger partial charge in [-0.25, -0.2) is 8.42 Å². The van der Waals surface area contributed by atoms with Gasteiger partial charge in [-0.05, 0) is 42.3 Å². The minimum atomic E-state index is -3.19. The molecule has 144 valence electrons. The molecule has 1 saturated heterocycles. The first-order valence-corrected chi connectivity index (χ1v) is 10.5. The molecule has 4 rings (SSSR count). The second kappa shape index (κ2) is 7.43. The monoisotopic (exact) mass is 397 g/mol. The Labute approximate surface area is 162 Å². The van der Waals surface area contributed by atoms with Gasteiger partial charge in [0.2, 0.25) is 15.9 Å². The molecule has 0 radical (unpaired) electrons. The molecule has 0 aliphatic carbocycles. The van der Waals surface area contributed by atoms with E-state index in [0.29, 0.717) is 24.5 Å². The molecule has 0 unspecified atom stereocenters. The van der Waals surface area contributed by atoms with Crippen molar-refractivity contribution >= 4 is 33.3 Å². The molecule has 1 aliphatic rings. The SMILES string of the molecule is O=C(/C=C/c1ccc(N2CCCS2(=O)=O)cc1)NCc1nnc2ccccn12. The fourth-order valence-corrected chi connectivity index (χ4v) is 4.65.